The molecule has 1 aliphatic heterocycles. The van der Waals surface area contributed by atoms with Crippen molar-refractivity contribution in [2.75, 3.05) is 13.1 Å². The van der Waals surface area contributed by atoms with Crippen molar-refractivity contribution in [3.63, 3.8) is 0 Å². The number of hydrogen-bond donors (Lipinski definition) is 1. The van der Waals surface area contributed by atoms with Gasteiger partial charge >= 0.3 is 6.09 Å². The van der Waals surface area contributed by atoms with E-state index in [1.165, 1.54) is 6.42 Å². The summed E-state index contributed by atoms with van der Waals surface area (Å²) in [4.78, 5) is 14.4. The van der Waals surface area contributed by atoms with Gasteiger partial charge in [0.05, 0.1) is 12.0 Å². The molecular weight excluding hydrogens is 290 g/mol. The van der Waals surface area contributed by atoms with Crippen LogP contribution in [-0.4, -0.2) is 41.8 Å². The first-order valence-corrected chi connectivity index (χ1v) is 8.94. The summed E-state index contributed by atoms with van der Waals surface area (Å²) in [5.74, 6) is 0.512. The van der Waals surface area contributed by atoms with Gasteiger partial charge in [-0.25, -0.2) is 4.79 Å². The summed E-state index contributed by atoms with van der Waals surface area (Å²) in [7, 11) is 0. The number of rotatable bonds is 4. The Labute approximate surface area is 140 Å². The number of nitriles is 1. The average Bonchev–Trinajstić information content (AvgIpc) is 3.10. The SMILES string of the molecule is CC(C#N)CNC1CCCC1C1CCCN1C(=O)OC(C)(C)C. The van der Waals surface area contributed by atoms with Crippen LogP contribution in [0.25, 0.3) is 0 Å². The van der Waals surface area contributed by atoms with Gasteiger partial charge in [-0.2, -0.15) is 5.26 Å². The van der Waals surface area contributed by atoms with Crippen molar-refractivity contribution >= 4 is 6.09 Å². The maximum absolute atomic E-state index is 12.5. The molecule has 1 aliphatic carbocycles. The van der Waals surface area contributed by atoms with Crippen LogP contribution < -0.4 is 5.32 Å². The summed E-state index contributed by atoms with van der Waals surface area (Å²) in [6.45, 7) is 9.23. The van der Waals surface area contributed by atoms with Gasteiger partial charge in [0.1, 0.15) is 5.60 Å². The lowest BCUT2D eigenvalue weighted by atomic mass is 9.92. The third-order valence-corrected chi connectivity index (χ3v) is 4.90. The van der Waals surface area contributed by atoms with Crippen molar-refractivity contribution in [1.82, 2.24) is 10.2 Å². The molecule has 1 saturated carbocycles. The van der Waals surface area contributed by atoms with Crippen molar-refractivity contribution in [2.24, 2.45) is 11.8 Å². The zero-order valence-corrected chi connectivity index (χ0v) is 15.0. The summed E-state index contributed by atoms with van der Waals surface area (Å²) < 4.78 is 5.59. The van der Waals surface area contributed by atoms with E-state index in [-0.39, 0.29) is 18.1 Å². The van der Waals surface area contributed by atoms with Gasteiger partial charge in [0.2, 0.25) is 0 Å². The zero-order valence-electron chi connectivity index (χ0n) is 15.0. The molecule has 2 rings (SSSR count). The predicted molar refractivity (Wildman–Crippen MR) is 89.9 cm³/mol. The highest BCUT2D eigenvalue weighted by molar-refractivity contribution is 5.69. The Bertz CT molecular complexity index is 452. The number of nitrogens with zero attached hydrogens (tertiary/aromatic N) is 2. The Morgan fingerprint density at radius 3 is 2.74 bits per heavy atom. The van der Waals surface area contributed by atoms with Crippen LogP contribution in [-0.2, 0) is 4.74 Å². The van der Waals surface area contributed by atoms with E-state index in [0.717, 1.165) is 38.8 Å². The van der Waals surface area contributed by atoms with Crippen LogP contribution in [0.1, 0.15) is 59.8 Å². The van der Waals surface area contributed by atoms with E-state index >= 15 is 0 Å². The Balaban J connectivity index is 1.98. The molecule has 0 bridgehead atoms. The molecule has 4 atom stereocenters. The minimum atomic E-state index is -0.445. The number of carbonyl (C=O) groups excluding carboxylic acids is 1. The van der Waals surface area contributed by atoms with E-state index < -0.39 is 5.60 Å². The topological polar surface area (TPSA) is 65.4 Å². The molecule has 5 heteroatoms. The number of likely N-dealkylation sites (tertiary alicyclic amines) is 1. The van der Waals surface area contributed by atoms with Crippen LogP contribution in [0.15, 0.2) is 0 Å². The second kappa shape index (κ2) is 7.53. The van der Waals surface area contributed by atoms with Gasteiger partial charge in [0.25, 0.3) is 0 Å². The lowest BCUT2D eigenvalue weighted by Gasteiger charge is -2.34. The minimum Gasteiger partial charge on any atom is -0.444 e. The lowest BCUT2D eigenvalue weighted by molar-refractivity contribution is 0.0166. The van der Waals surface area contributed by atoms with Crippen LogP contribution in [0.4, 0.5) is 4.79 Å². The van der Waals surface area contributed by atoms with Crippen LogP contribution in [0.2, 0.25) is 0 Å². The molecule has 1 saturated heterocycles. The predicted octanol–water partition coefficient (Wildman–Crippen LogP) is 3.30. The third-order valence-electron chi connectivity index (χ3n) is 4.90. The molecule has 1 heterocycles. The van der Waals surface area contributed by atoms with Crippen LogP contribution in [0.5, 0.6) is 0 Å². The fourth-order valence-electron chi connectivity index (χ4n) is 3.86. The van der Waals surface area contributed by atoms with Gasteiger partial charge in [0, 0.05) is 25.2 Å². The second-order valence-corrected chi connectivity index (χ2v) is 8.02. The maximum atomic E-state index is 12.5. The quantitative estimate of drug-likeness (QED) is 0.863. The van der Waals surface area contributed by atoms with Crippen LogP contribution in [0, 0.1) is 23.2 Å². The molecule has 0 radical (unpaired) electrons. The molecule has 1 N–H and O–H groups in total. The molecule has 4 unspecified atom stereocenters. The number of carbonyl (C=O) groups is 1. The molecule has 130 valence electrons. The van der Waals surface area contributed by atoms with Gasteiger partial charge in [-0.3, -0.25) is 0 Å². The lowest BCUT2D eigenvalue weighted by Crippen LogP contribution is -2.48. The van der Waals surface area contributed by atoms with Gasteiger partial charge < -0.3 is 15.0 Å². The van der Waals surface area contributed by atoms with E-state index in [1.54, 1.807) is 0 Å². The van der Waals surface area contributed by atoms with Crippen molar-refractivity contribution in [3.05, 3.63) is 0 Å². The zero-order chi connectivity index (χ0) is 17.0. The van der Waals surface area contributed by atoms with Gasteiger partial charge in [0.15, 0.2) is 0 Å². The van der Waals surface area contributed by atoms with E-state index in [1.807, 2.05) is 32.6 Å². The number of ether oxygens (including phenoxy) is 1. The summed E-state index contributed by atoms with van der Waals surface area (Å²) in [5.41, 5.74) is -0.445. The van der Waals surface area contributed by atoms with E-state index in [4.69, 9.17) is 10.00 Å². The molecule has 0 aromatic rings. The van der Waals surface area contributed by atoms with Crippen molar-refractivity contribution in [1.29, 1.82) is 5.26 Å². The van der Waals surface area contributed by atoms with Crippen molar-refractivity contribution in [2.45, 2.75) is 77.5 Å². The molecule has 1 amide bonds. The molecular formula is C18H31N3O2. The summed E-state index contributed by atoms with van der Waals surface area (Å²) in [6, 6.07) is 2.97. The Kier molecular flexibility index (Phi) is 5.91. The highest BCUT2D eigenvalue weighted by atomic mass is 16.6. The smallest absolute Gasteiger partial charge is 0.410 e. The molecule has 23 heavy (non-hydrogen) atoms. The van der Waals surface area contributed by atoms with Crippen LogP contribution >= 0.6 is 0 Å². The summed E-state index contributed by atoms with van der Waals surface area (Å²) >= 11 is 0. The number of hydrogen-bond acceptors (Lipinski definition) is 4. The molecule has 5 nitrogen and oxygen atoms in total. The van der Waals surface area contributed by atoms with E-state index in [9.17, 15) is 4.79 Å². The molecule has 2 fully saturated rings. The minimum absolute atomic E-state index is 0.0294. The fraction of sp³-hybridized carbons (Fsp3) is 0.889. The highest BCUT2D eigenvalue weighted by Gasteiger charge is 2.41. The second-order valence-electron chi connectivity index (χ2n) is 8.02. The van der Waals surface area contributed by atoms with Gasteiger partial charge in [-0.1, -0.05) is 6.42 Å². The third kappa shape index (κ3) is 4.84. The standard InChI is InChI=1S/C18H31N3O2/c1-13(11-19)12-20-15-8-5-7-14(15)16-9-6-10-21(16)17(22)23-18(2,3)4/h13-16,20H,5-10,12H2,1-4H3. The van der Waals surface area contributed by atoms with Crippen molar-refractivity contribution < 1.29 is 9.53 Å². The first-order valence-electron chi connectivity index (χ1n) is 8.94. The van der Waals surface area contributed by atoms with E-state index in [2.05, 4.69) is 11.4 Å². The molecule has 0 spiro atoms. The maximum Gasteiger partial charge on any atom is 0.410 e. The number of amides is 1. The number of nitrogens with one attached hydrogen (secondary N) is 1. The summed E-state index contributed by atoms with van der Waals surface area (Å²) in [6.07, 6.45) is 5.44. The normalized spacial score (nSPS) is 29.3. The Hall–Kier alpha value is -1.28. The van der Waals surface area contributed by atoms with Crippen molar-refractivity contribution in [3.8, 4) is 6.07 Å². The largest absolute Gasteiger partial charge is 0.444 e. The average molecular weight is 321 g/mol. The fourth-order valence-corrected chi connectivity index (χ4v) is 3.86. The molecule has 0 aromatic heterocycles. The van der Waals surface area contributed by atoms with E-state index in [0.29, 0.717) is 12.0 Å². The first kappa shape index (κ1) is 18.1. The van der Waals surface area contributed by atoms with Gasteiger partial charge in [-0.15, -0.1) is 0 Å². The summed E-state index contributed by atoms with van der Waals surface area (Å²) in [5, 5.41) is 12.5. The Morgan fingerprint density at radius 1 is 1.35 bits per heavy atom. The monoisotopic (exact) mass is 321 g/mol. The molecule has 0 aromatic carbocycles. The van der Waals surface area contributed by atoms with Gasteiger partial charge in [-0.05, 0) is 59.3 Å². The highest BCUT2D eigenvalue weighted by Crippen LogP contribution is 2.36. The first-order chi connectivity index (χ1) is 10.8. The Morgan fingerprint density at radius 2 is 2.09 bits per heavy atom. The molecule has 2 aliphatic rings. The van der Waals surface area contributed by atoms with Crippen LogP contribution in [0.3, 0.4) is 0 Å².